The predicted octanol–water partition coefficient (Wildman–Crippen LogP) is -0.637. The van der Waals surface area contributed by atoms with Gasteiger partial charge in [0.25, 0.3) is 0 Å². The number of rotatable bonds is 15. The number of fused-ring (bicyclic) bond motifs is 2. The molecule has 2 saturated heterocycles. The van der Waals surface area contributed by atoms with E-state index < -0.39 is 102 Å². The summed E-state index contributed by atoms with van der Waals surface area (Å²) in [6, 6.07) is 6.16. The number of nitrogens with one attached hydrogen (secondary N) is 7. The third kappa shape index (κ3) is 14.3. The Kier molecular flexibility index (Phi) is 18.7. The molecule has 1 aromatic heterocycles. The van der Waals surface area contributed by atoms with Gasteiger partial charge in [-0.05, 0) is 92.9 Å². The highest BCUT2D eigenvalue weighted by molar-refractivity contribution is 5.98. The second kappa shape index (κ2) is 24.8. The number of nitrogens with zero attached hydrogens (tertiary/aromatic N) is 2. The van der Waals surface area contributed by atoms with Gasteiger partial charge in [-0.2, -0.15) is 0 Å². The van der Waals surface area contributed by atoms with Gasteiger partial charge in [-0.25, -0.2) is 4.99 Å². The number of carbonyl (C=O) groups excluding carboxylic acids is 6. The number of aliphatic hydroxyl groups excluding tert-OH is 2. The fourth-order valence-electron chi connectivity index (χ4n) is 9.70. The van der Waals surface area contributed by atoms with Gasteiger partial charge in [-0.1, -0.05) is 56.3 Å². The van der Waals surface area contributed by atoms with Gasteiger partial charge in [0.1, 0.15) is 30.2 Å². The molecule has 0 bridgehead atoms. The molecule has 2 aliphatic heterocycles. The quantitative estimate of drug-likeness (QED) is 0.0668. The summed E-state index contributed by atoms with van der Waals surface area (Å²) in [5.74, 6) is -5.94. The molecule has 3 aromatic rings. The van der Waals surface area contributed by atoms with E-state index in [4.69, 9.17) is 11.5 Å². The number of guanidine groups is 1. The van der Waals surface area contributed by atoms with E-state index in [2.05, 4.69) is 41.9 Å². The van der Waals surface area contributed by atoms with Crippen LogP contribution in [0.25, 0.3) is 10.9 Å². The number of aliphatic hydroxyl groups is 2. The molecule has 6 rings (SSSR count). The average Bonchev–Trinajstić information content (AvgIpc) is 3.94. The van der Waals surface area contributed by atoms with Gasteiger partial charge in [-0.3, -0.25) is 38.9 Å². The topological polar surface area (TPSA) is 336 Å². The lowest BCUT2D eigenvalue weighted by Gasteiger charge is -2.33. The number of aromatic amines is 1. The van der Waals surface area contributed by atoms with Gasteiger partial charge < -0.3 is 63.3 Å². The van der Waals surface area contributed by atoms with Crippen molar-refractivity contribution in [3.8, 4) is 0 Å². The van der Waals surface area contributed by atoms with Gasteiger partial charge in [0.05, 0.1) is 30.8 Å². The number of benzene rings is 2. The Hall–Kier alpha value is -6.58. The number of carboxylic acids is 1. The standard InChI is InChI=1S/C49H69N11O10/c1-3-27-14-17-33-30(24-53-36(33)19-27)22-39-45(67)59-42(34(4-2)58-49(50)51)47(69)52-18-8-11-35(55-43(65)37(54-25-41(63)64)20-28-9-6-5-7-10-28)48(70)60-26-32(62)23-40(60)46(68)57-38(44(66)56-39)21-29-12-15-31(61)16-13-29/h5-7,9-10,14,17,19,24,29,31-32,34-35,37-40,42,53-54,61-62H,3-4,8,11-13,15-16,18,20-23,25-26H2,1-2H3,(H,52,69)(H,55,65)(H,56,66)(H,57,68)(H,59,67)(H,63,64)(H4,50,51,58)/t29?,31?,32-,34?,35+,37+,38-,39+,40+,42+/m1/s1. The monoisotopic (exact) mass is 972 g/mol. The molecular formula is C49H69N11O10. The number of hydrogen-bond donors (Lipinski definition) is 12. The van der Waals surface area contributed by atoms with Crippen LogP contribution < -0.4 is 43.4 Å². The van der Waals surface area contributed by atoms with E-state index in [-0.39, 0.29) is 69.9 Å². The summed E-state index contributed by atoms with van der Waals surface area (Å²) in [7, 11) is 0. The molecule has 3 fully saturated rings. The van der Waals surface area contributed by atoms with E-state index >= 15 is 0 Å². The maximum atomic E-state index is 14.8. The van der Waals surface area contributed by atoms with Crippen LogP contribution in [-0.4, -0.2) is 147 Å². The molecule has 14 N–H and O–H groups in total. The summed E-state index contributed by atoms with van der Waals surface area (Å²) in [5, 5.41) is 48.5. The van der Waals surface area contributed by atoms with E-state index in [1.54, 1.807) is 43.5 Å². The van der Waals surface area contributed by atoms with Crippen LogP contribution in [0.4, 0.5) is 0 Å². The number of H-pyrrole nitrogens is 1. The molecule has 8 atom stereocenters. The lowest BCUT2D eigenvalue weighted by atomic mass is 9.83. The van der Waals surface area contributed by atoms with Crippen molar-refractivity contribution < 1.29 is 48.9 Å². The van der Waals surface area contributed by atoms with Crippen molar-refractivity contribution >= 4 is 58.3 Å². The number of amides is 6. The molecular weight excluding hydrogens is 903 g/mol. The molecule has 1 saturated carbocycles. The molecule has 1 aliphatic carbocycles. The first-order chi connectivity index (χ1) is 33.5. The Balaban J connectivity index is 1.37. The average molecular weight is 972 g/mol. The van der Waals surface area contributed by atoms with Crippen LogP contribution >= 0.6 is 0 Å². The molecule has 3 aliphatic rings. The van der Waals surface area contributed by atoms with Crippen molar-refractivity contribution in [2.75, 3.05) is 19.6 Å². The molecule has 380 valence electrons. The number of carboxylic acid groups (broad SMARTS) is 1. The first kappa shape index (κ1) is 52.8. The summed E-state index contributed by atoms with van der Waals surface area (Å²) in [6.07, 6.45) is 3.14. The minimum atomic E-state index is -1.36. The zero-order valence-electron chi connectivity index (χ0n) is 39.8. The lowest BCUT2D eigenvalue weighted by Crippen LogP contribution is -2.61. The van der Waals surface area contributed by atoms with Gasteiger partial charge in [0.15, 0.2) is 5.96 Å². The molecule has 0 spiro atoms. The summed E-state index contributed by atoms with van der Waals surface area (Å²) in [6.45, 7) is 2.85. The molecule has 21 heteroatoms. The zero-order valence-corrected chi connectivity index (χ0v) is 39.8. The Labute approximate surface area is 406 Å². The number of aryl methyl sites for hydroxylation is 1. The van der Waals surface area contributed by atoms with Crippen LogP contribution in [0.15, 0.2) is 59.7 Å². The highest BCUT2D eigenvalue weighted by atomic mass is 16.4. The maximum absolute atomic E-state index is 14.8. The van der Waals surface area contributed by atoms with Gasteiger partial charge in [0, 0.05) is 43.0 Å². The molecule has 2 aromatic carbocycles. The number of aliphatic imine (C=N–C) groups is 1. The maximum Gasteiger partial charge on any atom is 0.317 e. The SMILES string of the molecule is CCc1ccc2c(C[C@@H]3NC(=O)[C@@H](CC4CCC(O)CC4)NC(=O)[C@@H]4C[C@@H](O)CN4C(=O)[C@@H](NC(=O)[C@H](Cc4ccccc4)NCC(=O)O)CCCNC(=O)[C@H](C(CC)N=C(N)N)NC3=O)c[nH]c2c1. The molecule has 6 amide bonds. The summed E-state index contributed by atoms with van der Waals surface area (Å²) in [4.78, 5) is 107. The van der Waals surface area contributed by atoms with Crippen LogP contribution in [0, 0.1) is 5.92 Å². The first-order valence-corrected chi connectivity index (χ1v) is 24.4. The summed E-state index contributed by atoms with van der Waals surface area (Å²) < 4.78 is 0. The third-order valence-electron chi connectivity index (χ3n) is 13.6. The van der Waals surface area contributed by atoms with Crippen molar-refractivity contribution in [3.63, 3.8) is 0 Å². The van der Waals surface area contributed by atoms with Crippen LogP contribution in [0.1, 0.15) is 88.3 Å². The molecule has 1 unspecified atom stereocenters. The van der Waals surface area contributed by atoms with Crippen molar-refractivity contribution in [2.24, 2.45) is 22.4 Å². The highest BCUT2D eigenvalue weighted by Crippen LogP contribution is 2.29. The molecule has 70 heavy (non-hydrogen) atoms. The normalized spacial score (nSPS) is 26.1. The number of nitrogens with two attached hydrogens (primary N) is 2. The van der Waals surface area contributed by atoms with Crippen LogP contribution in [0.5, 0.6) is 0 Å². The van der Waals surface area contributed by atoms with E-state index in [0.29, 0.717) is 36.8 Å². The predicted molar refractivity (Wildman–Crippen MR) is 260 cm³/mol. The van der Waals surface area contributed by atoms with Crippen molar-refractivity contribution in [1.82, 2.24) is 41.8 Å². The minimum absolute atomic E-state index is 0.0327. The fraction of sp³-hybridized carbons (Fsp3) is 0.551. The highest BCUT2D eigenvalue weighted by Gasteiger charge is 2.44. The third-order valence-corrected chi connectivity index (χ3v) is 13.6. The smallest absolute Gasteiger partial charge is 0.317 e. The van der Waals surface area contributed by atoms with Crippen molar-refractivity contribution in [2.45, 2.75) is 145 Å². The number of aromatic nitrogens is 1. The van der Waals surface area contributed by atoms with E-state index in [1.165, 1.54) is 4.90 Å². The van der Waals surface area contributed by atoms with Gasteiger partial charge >= 0.3 is 5.97 Å². The Morgan fingerprint density at radius 2 is 1.57 bits per heavy atom. The second-order valence-electron chi connectivity index (χ2n) is 18.7. The molecule has 21 nitrogen and oxygen atoms in total. The zero-order chi connectivity index (χ0) is 50.5. The van der Waals surface area contributed by atoms with Crippen molar-refractivity contribution in [3.05, 3.63) is 71.4 Å². The number of carbonyl (C=O) groups is 7. The lowest BCUT2D eigenvalue weighted by molar-refractivity contribution is -0.143. The van der Waals surface area contributed by atoms with Crippen LogP contribution in [0.3, 0.4) is 0 Å². The van der Waals surface area contributed by atoms with E-state index in [0.717, 1.165) is 22.9 Å². The van der Waals surface area contributed by atoms with Gasteiger partial charge in [0.2, 0.25) is 35.4 Å². The van der Waals surface area contributed by atoms with E-state index in [9.17, 15) is 48.9 Å². The number of hydrogen-bond acceptors (Lipinski definition) is 11. The Morgan fingerprint density at radius 1 is 0.857 bits per heavy atom. The molecule has 0 radical (unpaired) electrons. The Bertz CT molecular complexity index is 2350. The second-order valence-corrected chi connectivity index (χ2v) is 18.7. The summed E-state index contributed by atoms with van der Waals surface area (Å²) >= 11 is 0. The largest absolute Gasteiger partial charge is 0.480 e. The first-order valence-electron chi connectivity index (χ1n) is 24.4. The number of aliphatic carboxylic acids is 1. The van der Waals surface area contributed by atoms with Crippen molar-refractivity contribution in [1.29, 1.82) is 0 Å². The van der Waals surface area contributed by atoms with Crippen LogP contribution in [0.2, 0.25) is 0 Å². The summed E-state index contributed by atoms with van der Waals surface area (Å²) in [5.41, 5.74) is 14.9. The Morgan fingerprint density at radius 3 is 2.26 bits per heavy atom. The minimum Gasteiger partial charge on any atom is -0.480 e. The van der Waals surface area contributed by atoms with E-state index in [1.807, 2.05) is 25.1 Å². The molecule has 3 heterocycles. The fourth-order valence-corrected chi connectivity index (χ4v) is 9.70. The van der Waals surface area contributed by atoms with Gasteiger partial charge in [-0.15, -0.1) is 0 Å². The van der Waals surface area contributed by atoms with Crippen LogP contribution in [-0.2, 0) is 52.8 Å².